The van der Waals surface area contributed by atoms with Crippen LogP contribution in [0.25, 0.3) is 0 Å². The Kier molecular flexibility index (Phi) is 5.16. The van der Waals surface area contributed by atoms with E-state index in [4.69, 9.17) is 5.73 Å². The van der Waals surface area contributed by atoms with E-state index in [2.05, 4.69) is 4.72 Å². The minimum Gasteiger partial charge on any atom is -0.330 e. The van der Waals surface area contributed by atoms with Crippen molar-refractivity contribution in [1.29, 1.82) is 0 Å². The zero-order valence-corrected chi connectivity index (χ0v) is 13.8. The number of nitrogens with two attached hydrogens (primary N) is 1. The zero-order chi connectivity index (χ0) is 15.5. The molecule has 114 valence electrons. The molecule has 0 aliphatic carbocycles. The number of aryl methyl sites for hydroxylation is 1. The summed E-state index contributed by atoms with van der Waals surface area (Å²) in [5.74, 6) is 0. The van der Waals surface area contributed by atoms with Crippen molar-refractivity contribution in [3.63, 3.8) is 0 Å². The Hall–Kier alpha value is -1.21. The van der Waals surface area contributed by atoms with Crippen LogP contribution < -0.4 is 10.5 Å². The molecule has 1 unspecified atom stereocenters. The normalized spacial score (nSPS) is 13.3. The molecular formula is C15H20N2O2S2. The van der Waals surface area contributed by atoms with Crippen LogP contribution in [0.4, 0.5) is 0 Å². The third-order valence-corrected chi connectivity index (χ3v) is 6.38. The van der Waals surface area contributed by atoms with Crippen LogP contribution in [0.1, 0.15) is 29.0 Å². The number of hydrogen-bond acceptors (Lipinski definition) is 4. The number of nitrogens with one attached hydrogen (secondary N) is 1. The van der Waals surface area contributed by atoms with Gasteiger partial charge in [-0.1, -0.05) is 29.8 Å². The fourth-order valence-corrected chi connectivity index (χ4v) is 4.61. The van der Waals surface area contributed by atoms with Gasteiger partial charge >= 0.3 is 0 Å². The van der Waals surface area contributed by atoms with Gasteiger partial charge in [0.2, 0.25) is 0 Å². The Labute approximate surface area is 130 Å². The Morgan fingerprint density at radius 1 is 1.19 bits per heavy atom. The first-order chi connectivity index (χ1) is 9.92. The van der Waals surface area contributed by atoms with Crippen molar-refractivity contribution in [2.24, 2.45) is 5.73 Å². The van der Waals surface area contributed by atoms with Gasteiger partial charge in [-0.3, -0.25) is 0 Å². The van der Waals surface area contributed by atoms with Crippen LogP contribution in [0.15, 0.2) is 40.6 Å². The monoisotopic (exact) mass is 324 g/mol. The van der Waals surface area contributed by atoms with Gasteiger partial charge in [-0.15, -0.1) is 11.3 Å². The van der Waals surface area contributed by atoms with Crippen LogP contribution in [0.5, 0.6) is 0 Å². The number of hydrogen-bond donors (Lipinski definition) is 2. The molecule has 3 N–H and O–H groups in total. The molecule has 0 aliphatic heterocycles. The van der Waals surface area contributed by atoms with Crippen LogP contribution in [0.3, 0.4) is 0 Å². The fourth-order valence-electron chi connectivity index (χ4n) is 1.99. The summed E-state index contributed by atoms with van der Waals surface area (Å²) < 4.78 is 27.8. The second-order valence-electron chi connectivity index (χ2n) is 5.01. The second-order valence-corrected chi connectivity index (χ2v) is 8.12. The average Bonchev–Trinajstić information content (AvgIpc) is 2.89. The van der Waals surface area contributed by atoms with Gasteiger partial charge in [-0.25, -0.2) is 13.1 Å². The lowest BCUT2D eigenvalue weighted by atomic mass is 10.1. The van der Waals surface area contributed by atoms with Crippen molar-refractivity contribution >= 4 is 21.4 Å². The number of sulfonamides is 1. The standard InChI is InChI=1S/C15H20N2O2S2/c1-11-3-5-13(6-4-11)12(2)17-21(18,19)15-8-7-14(20-15)9-10-16/h3-8,12,17H,9-10,16H2,1-2H3. The Bertz CT molecular complexity index is 691. The van der Waals surface area contributed by atoms with Gasteiger partial charge < -0.3 is 5.73 Å². The topological polar surface area (TPSA) is 72.2 Å². The van der Waals surface area contributed by atoms with Gasteiger partial charge in [0.1, 0.15) is 4.21 Å². The molecule has 0 amide bonds. The van der Waals surface area contributed by atoms with Crippen LogP contribution in [-0.4, -0.2) is 15.0 Å². The summed E-state index contributed by atoms with van der Waals surface area (Å²) in [6.07, 6.45) is 0.702. The van der Waals surface area contributed by atoms with Crippen molar-refractivity contribution in [3.05, 3.63) is 52.4 Å². The summed E-state index contributed by atoms with van der Waals surface area (Å²) >= 11 is 1.27. The van der Waals surface area contributed by atoms with Gasteiger partial charge in [-0.2, -0.15) is 0 Å². The predicted octanol–water partition coefficient (Wildman–Crippen LogP) is 2.60. The Morgan fingerprint density at radius 2 is 1.86 bits per heavy atom. The van der Waals surface area contributed by atoms with Crippen molar-refractivity contribution in [1.82, 2.24) is 4.72 Å². The van der Waals surface area contributed by atoms with Crippen molar-refractivity contribution in [3.8, 4) is 0 Å². The second kappa shape index (κ2) is 6.70. The zero-order valence-electron chi connectivity index (χ0n) is 12.2. The third kappa shape index (κ3) is 4.14. The molecule has 0 spiro atoms. The largest absolute Gasteiger partial charge is 0.330 e. The molecule has 0 bridgehead atoms. The molecule has 0 radical (unpaired) electrons. The summed E-state index contributed by atoms with van der Waals surface area (Å²) in [6, 6.07) is 11.0. The van der Waals surface area contributed by atoms with E-state index in [1.165, 1.54) is 11.3 Å². The van der Waals surface area contributed by atoms with Crippen LogP contribution >= 0.6 is 11.3 Å². The molecule has 0 fully saturated rings. The Balaban J connectivity index is 2.14. The van der Waals surface area contributed by atoms with E-state index in [9.17, 15) is 8.42 Å². The van der Waals surface area contributed by atoms with E-state index < -0.39 is 10.0 Å². The molecule has 6 heteroatoms. The summed E-state index contributed by atoms with van der Waals surface area (Å²) in [6.45, 7) is 4.37. The first-order valence-corrected chi connectivity index (χ1v) is 9.10. The van der Waals surface area contributed by atoms with Gasteiger partial charge in [0.05, 0.1) is 0 Å². The molecule has 2 aromatic rings. The van der Waals surface area contributed by atoms with E-state index in [1.807, 2.05) is 44.2 Å². The summed E-state index contributed by atoms with van der Waals surface area (Å²) in [7, 11) is -3.49. The molecule has 4 nitrogen and oxygen atoms in total. The third-order valence-electron chi connectivity index (χ3n) is 3.20. The minimum absolute atomic E-state index is 0.268. The van der Waals surface area contributed by atoms with Crippen LogP contribution in [-0.2, 0) is 16.4 Å². The molecule has 1 aromatic heterocycles. The number of rotatable bonds is 6. The molecule has 21 heavy (non-hydrogen) atoms. The maximum atomic E-state index is 12.4. The molecular weight excluding hydrogens is 304 g/mol. The highest BCUT2D eigenvalue weighted by Crippen LogP contribution is 2.24. The first-order valence-electron chi connectivity index (χ1n) is 6.80. The maximum Gasteiger partial charge on any atom is 0.250 e. The van der Waals surface area contributed by atoms with E-state index >= 15 is 0 Å². The molecule has 2 rings (SSSR count). The fraction of sp³-hybridized carbons (Fsp3) is 0.333. The van der Waals surface area contributed by atoms with Crippen molar-refractivity contribution < 1.29 is 8.42 Å². The van der Waals surface area contributed by atoms with Gasteiger partial charge in [0.15, 0.2) is 0 Å². The average molecular weight is 324 g/mol. The molecule has 1 aromatic carbocycles. The van der Waals surface area contributed by atoms with Gasteiger partial charge in [0.25, 0.3) is 10.0 Å². The van der Waals surface area contributed by atoms with Crippen molar-refractivity contribution in [2.75, 3.05) is 6.54 Å². The first kappa shape index (κ1) is 16.2. The Morgan fingerprint density at radius 3 is 2.48 bits per heavy atom. The molecule has 0 saturated carbocycles. The smallest absolute Gasteiger partial charge is 0.250 e. The summed E-state index contributed by atoms with van der Waals surface area (Å²) in [5.41, 5.74) is 7.59. The quantitative estimate of drug-likeness (QED) is 0.858. The SMILES string of the molecule is Cc1ccc(C(C)NS(=O)(=O)c2ccc(CCN)s2)cc1. The lowest BCUT2D eigenvalue weighted by Gasteiger charge is -2.14. The van der Waals surface area contributed by atoms with E-state index in [-0.39, 0.29) is 6.04 Å². The minimum atomic E-state index is -3.49. The lowest BCUT2D eigenvalue weighted by Crippen LogP contribution is -2.26. The summed E-state index contributed by atoms with van der Waals surface area (Å²) in [4.78, 5) is 0.987. The highest BCUT2D eigenvalue weighted by Gasteiger charge is 2.20. The summed E-state index contributed by atoms with van der Waals surface area (Å²) in [5, 5.41) is 0. The molecule has 1 atom stereocenters. The van der Waals surface area contributed by atoms with Crippen molar-refractivity contribution in [2.45, 2.75) is 30.5 Å². The number of benzene rings is 1. The molecule has 0 aliphatic rings. The van der Waals surface area contributed by atoms with Gasteiger partial charge in [0, 0.05) is 10.9 Å². The van der Waals surface area contributed by atoms with E-state index in [1.54, 1.807) is 6.07 Å². The van der Waals surface area contributed by atoms with Gasteiger partial charge in [-0.05, 0) is 44.5 Å². The predicted molar refractivity (Wildman–Crippen MR) is 87.0 cm³/mol. The highest BCUT2D eigenvalue weighted by atomic mass is 32.2. The molecule has 0 saturated heterocycles. The van der Waals surface area contributed by atoms with Crippen LogP contribution in [0, 0.1) is 6.92 Å². The number of thiophene rings is 1. The lowest BCUT2D eigenvalue weighted by molar-refractivity contribution is 0.569. The molecule has 1 heterocycles. The maximum absolute atomic E-state index is 12.4. The van der Waals surface area contributed by atoms with E-state index in [0.29, 0.717) is 17.2 Å². The van der Waals surface area contributed by atoms with Crippen LogP contribution in [0.2, 0.25) is 0 Å². The van der Waals surface area contributed by atoms with E-state index in [0.717, 1.165) is 16.0 Å². The highest BCUT2D eigenvalue weighted by molar-refractivity contribution is 7.91.